The Bertz CT molecular complexity index is 588. The van der Waals surface area contributed by atoms with E-state index >= 15 is 0 Å². The molecule has 3 N–H and O–H groups in total. The molecule has 0 aliphatic carbocycles. The average molecular weight is 274 g/mol. The molecule has 0 spiro atoms. The van der Waals surface area contributed by atoms with E-state index in [-0.39, 0.29) is 30.4 Å². The minimum absolute atomic E-state index is 0.0162. The molecule has 2 rings (SSSR count). The van der Waals surface area contributed by atoms with Crippen LogP contribution in [-0.4, -0.2) is 12.5 Å². The van der Waals surface area contributed by atoms with Crippen LogP contribution in [0.2, 0.25) is 0 Å². The van der Waals surface area contributed by atoms with Gasteiger partial charge in [0.15, 0.2) is 6.61 Å². The highest BCUT2D eigenvalue weighted by molar-refractivity contribution is 5.91. The maximum absolute atomic E-state index is 13.5. The zero-order valence-electron chi connectivity index (χ0n) is 10.8. The number of anilines is 1. The van der Waals surface area contributed by atoms with Crippen LogP contribution in [0.25, 0.3) is 0 Å². The van der Waals surface area contributed by atoms with E-state index in [1.165, 1.54) is 12.1 Å². The molecule has 0 atom stereocenters. The third-order valence-electron chi connectivity index (χ3n) is 2.70. The van der Waals surface area contributed by atoms with Crippen LogP contribution in [0.1, 0.15) is 5.56 Å². The molecule has 4 nitrogen and oxygen atoms in total. The van der Waals surface area contributed by atoms with E-state index in [4.69, 9.17) is 10.5 Å². The van der Waals surface area contributed by atoms with Gasteiger partial charge in [-0.05, 0) is 24.3 Å². The van der Waals surface area contributed by atoms with Gasteiger partial charge in [0.1, 0.15) is 11.6 Å². The number of nitrogens with two attached hydrogens (primary N) is 1. The van der Waals surface area contributed by atoms with E-state index in [9.17, 15) is 9.18 Å². The van der Waals surface area contributed by atoms with Gasteiger partial charge in [-0.15, -0.1) is 0 Å². The summed E-state index contributed by atoms with van der Waals surface area (Å²) in [7, 11) is 0. The van der Waals surface area contributed by atoms with Gasteiger partial charge in [-0.3, -0.25) is 4.79 Å². The van der Waals surface area contributed by atoms with Gasteiger partial charge < -0.3 is 15.8 Å². The zero-order valence-corrected chi connectivity index (χ0v) is 10.8. The van der Waals surface area contributed by atoms with E-state index < -0.39 is 5.82 Å². The lowest BCUT2D eigenvalue weighted by Gasteiger charge is -2.11. The van der Waals surface area contributed by atoms with E-state index in [1.54, 1.807) is 18.2 Å². The van der Waals surface area contributed by atoms with Crippen LogP contribution in [0, 0.1) is 5.82 Å². The van der Waals surface area contributed by atoms with Crippen molar-refractivity contribution >= 4 is 11.6 Å². The van der Waals surface area contributed by atoms with Gasteiger partial charge in [0.05, 0.1) is 0 Å². The predicted octanol–water partition coefficient (Wildman–Crippen LogP) is 2.30. The van der Waals surface area contributed by atoms with Crippen molar-refractivity contribution in [2.45, 2.75) is 6.54 Å². The van der Waals surface area contributed by atoms with Crippen molar-refractivity contribution in [1.82, 2.24) is 0 Å². The number of ether oxygens (including phenoxy) is 1. The van der Waals surface area contributed by atoms with Crippen molar-refractivity contribution < 1.29 is 13.9 Å². The number of nitrogens with one attached hydrogen (secondary N) is 1. The summed E-state index contributed by atoms with van der Waals surface area (Å²) >= 11 is 0. The number of carbonyl (C=O) groups is 1. The molecule has 0 aliphatic rings. The monoisotopic (exact) mass is 274 g/mol. The van der Waals surface area contributed by atoms with Crippen LogP contribution in [0.5, 0.6) is 5.75 Å². The molecule has 0 aromatic heterocycles. The summed E-state index contributed by atoms with van der Waals surface area (Å²) in [6.07, 6.45) is 0. The summed E-state index contributed by atoms with van der Waals surface area (Å²) in [4.78, 5) is 11.7. The van der Waals surface area contributed by atoms with Crippen LogP contribution >= 0.6 is 0 Å². The van der Waals surface area contributed by atoms with Crippen molar-refractivity contribution in [2.24, 2.45) is 5.73 Å². The topological polar surface area (TPSA) is 64.3 Å². The predicted molar refractivity (Wildman–Crippen MR) is 74.9 cm³/mol. The van der Waals surface area contributed by atoms with E-state index in [0.29, 0.717) is 5.69 Å². The molecule has 5 heteroatoms. The van der Waals surface area contributed by atoms with Gasteiger partial charge in [0, 0.05) is 17.8 Å². The highest BCUT2D eigenvalue weighted by Crippen LogP contribution is 2.20. The van der Waals surface area contributed by atoms with Crippen LogP contribution < -0.4 is 15.8 Å². The van der Waals surface area contributed by atoms with Crippen LogP contribution in [0.15, 0.2) is 48.5 Å². The lowest BCUT2D eigenvalue weighted by Crippen LogP contribution is -2.20. The first-order chi connectivity index (χ1) is 9.70. The fraction of sp³-hybridized carbons (Fsp3) is 0.133. The van der Waals surface area contributed by atoms with Crippen molar-refractivity contribution in [3.05, 3.63) is 59.9 Å². The Labute approximate surface area is 116 Å². The van der Waals surface area contributed by atoms with E-state index in [1.807, 2.05) is 18.2 Å². The number of rotatable bonds is 5. The van der Waals surface area contributed by atoms with Gasteiger partial charge in [-0.25, -0.2) is 4.39 Å². The average Bonchev–Trinajstić information content (AvgIpc) is 2.46. The smallest absolute Gasteiger partial charge is 0.262 e. The maximum atomic E-state index is 13.5. The van der Waals surface area contributed by atoms with Crippen molar-refractivity contribution in [2.75, 3.05) is 11.9 Å². The Hall–Kier alpha value is -2.40. The molecular formula is C15H15FN2O2. The quantitative estimate of drug-likeness (QED) is 0.879. The number of para-hydroxylation sites is 1. The third kappa shape index (κ3) is 3.55. The summed E-state index contributed by atoms with van der Waals surface area (Å²) in [5, 5.41) is 2.68. The summed E-state index contributed by atoms with van der Waals surface area (Å²) in [5.41, 5.74) is 6.40. The largest absolute Gasteiger partial charge is 0.483 e. The van der Waals surface area contributed by atoms with Gasteiger partial charge >= 0.3 is 0 Å². The molecular weight excluding hydrogens is 259 g/mol. The molecule has 0 aliphatic heterocycles. The van der Waals surface area contributed by atoms with Crippen LogP contribution in [-0.2, 0) is 11.3 Å². The molecule has 0 fully saturated rings. The molecule has 0 saturated heterocycles. The van der Waals surface area contributed by atoms with Gasteiger partial charge in [-0.2, -0.15) is 0 Å². The van der Waals surface area contributed by atoms with Gasteiger partial charge in [0.2, 0.25) is 0 Å². The SMILES string of the molecule is NCc1c(F)cccc1OCC(=O)Nc1ccccc1. The number of benzene rings is 2. The molecule has 0 bridgehead atoms. The Kier molecular flexibility index (Phi) is 4.68. The van der Waals surface area contributed by atoms with Crippen molar-refractivity contribution in [3.8, 4) is 5.75 Å². The zero-order chi connectivity index (χ0) is 14.4. The summed E-state index contributed by atoms with van der Waals surface area (Å²) in [6.45, 7) is -0.187. The standard InChI is InChI=1S/C15H15FN2O2/c16-13-7-4-8-14(12(13)9-17)20-10-15(19)18-11-5-2-1-3-6-11/h1-8H,9-10,17H2,(H,18,19). The minimum Gasteiger partial charge on any atom is -0.483 e. The highest BCUT2D eigenvalue weighted by atomic mass is 19.1. The molecule has 0 heterocycles. The van der Waals surface area contributed by atoms with E-state index in [0.717, 1.165) is 0 Å². The second-order valence-electron chi connectivity index (χ2n) is 4.12. The first-order valence-corrected chi connectivity index (χ1v) is 6.16. The second kappa shape index (κ2) is 6.68. The molecule has 2 aromatic rings. The Morgan fingerprint density at radius 1 is 1.15 bits per heavy atom. The Balaban J connectivity index is 1.95. The number of carbonyl (C=O) groups excluding carboxylic acids is 1. The lowest BCUT2D eigenvalue weighted by atomic mass is 10.2. The number of hydrogen-bond acceptors (Lipinski definition) is 3. The molecule has 2 aromatic carbocycles. The molecule has 0 unspecified atom stereocenters. The fourth-order valence-corrected chi connectivity index (χ4v) is 1.73. The van der Waals surface area contributed by atoms with E-state index in [2.05, 4.69) is 5.32 Å². The number of hydrogen-bond donors (Lipinski definition) is 2. The number of halogens is 1. The first-order valence-electron chi connectivity index (χ1n) is 6.16. The highest BCUT2D eigenvalue weighted by Gasteiger charge is 2.10. The Morgan fingerprint density at radius 3 is 2.60 bits per heavy atom. The molecule has 20 heavy (non-hydrogen) atoms. The van der Waals surface area contributed by atoms with Crippen molar-refractivity contribution in [1.29, 1.82) is 0 Å². The second-order valence-corrected chi connectivity index (χ2v) is 4.12. The van der Waals surface area contributed by atoms with Crippen molar-refractivity contribution in [3.63, 3.8) is 0 Å². The molecule has 0 radical (unpaired) electrons. The number of amides is 1. The van der Waals surface area contributed by atoms with Crippen LogP contribution in [0.4, 0.5) is 10.1 Å². The first kappa shape index (κ1) is 14.0. The summed E-state index contributed by atoms with van der Waals surface area (Å²) in [6, 6.07) is 13.4. The minimum atomic E-state index is -0.437. The fourth-order valence-electron chi connectivity index (χ4n) is 1.73. The molecule has 1 amide bonds. The summed E-state index contributed by atoms with van der Waals surface area (Å²) in [5.74, 6) is -0.465. The van der Waals surface area contributed by atoms with Gasteiger partial charge in [-0.1, -0.05) is 24.3 Å². The van der Waals surface area contributed by atoms with Crippen LogP contribution in [0.3, 0.4) is 0 Å². The lowest BCUT2D eigenvalue weighted by molar-refractivity contribution is -0.118. The molecule has 0 saturated carbocycles. The molecule has 104 valence electrons. The Morgan fingerprint density at radius 2 is 1.90 bits per heavy atom. The van der Waals surface area contributed by atoms with Gasteiger partial charge in [0.25, 0.3) is 5.91 Å². The summed E-state index contributed by atoms with van der Waals surface area (Å²) < 4.78 is 18.8. The third-order valence-corrected chi connectivity index (χ3v) is 2.70. The normalized spacial score (nSPS) is 10.1. The maximum Gasteiger partial charge on any atom is 0.262 e.